The SMILES string of the molecule is CCCCNC(=O)CN1CCN([C@H](C)C(=O)Nc2ccc3c(c2)OCO3)CC1. The lowest BCUT2D eigenvalue weighted by molar-refractivity contribution is -0.124. The molecule has 2 heterocycles. The third kappa shape index (κ3) is 5.36. The Labute approximate surface area is 166 Å². The molecule has 0 aromatic heterocycles. The molecule has 2 amide bonds. The van der Waals surface area contributed by atoms with Crippen molar-refractivity contribution in [3.8, 4) is 11.5 Å². The minimum atomic E-state index is -0.244. The molecule has 154 valence electrons. The van der Waals surface area contributed by atoms with E-state index >= 15 is 0 Å². The number of ether oxygens (including phenoxy) is 2. The molecule has 3 rings (SSSR count). The number of amides is 2. The van der Waals surface area contributed by atoms with Gasteiger partial charge in [-0.05, 0) is 25.5 Å². The Morgan fingerprint density at radius 1 is 1.14 bits per heavy atom. The second-order valence-electron chi connectivity index (χ2n) is 7.25. The molecule has 2 aliphatic rings. The van der Waals surface area contributed by atoms with Gasteiger partial charge < -0.3 is 20.1 Å². The van der Waals surface area contributed by atoms with Crippen LogP contribution in [0.2, 0.25) is 0 Å². The molecule has 8 heteroatoms. The quantitative estimate of drug-likeness (QED) is 0.651. The van der Waals surface area contributed by atoms with E-state index in [0.29, 0.717) is 23.7 Å². The number of benzene rings is 1. The molecule has 1 aromatic carbocycles. The van der Waals surface area contributed by atoms with Gasteiger partial charge in [0, 0.05) is 44.5 Å². The molecule has 2 aliphatic heterocycles. The maximum Gasteiger partial charge on any atom is 0.241 e. The zero-order chi connectivity index (χ0) is 19.9. The van der Waals surface area contributed by atoms with Crippen LogP contribution in [0.5, 0.6) is 11.5 Å². The van der Waals surface area contributed by atoms with Crippen LogP contribution in [0.4, 0.5) is 5.69 Å². The summed E-state index contributed by atoms with van der Waals surface area (Å²) in [5, 5.41) is 5.90. The molecule has 1 aromatic rings. The highest BCUT2D eigenvalue weighted by molar-refractivity contribution is 5.94. The van der Waals surface area contributed by atoms with E-state index in [1.54, 1.807) is 12.1 Å². The molecule has 1 atom stereocenters. The number of hydrogen-bond donors (Lipinski definition) is 2. The first-order valence-electron chi connectivity index (χ1n) is 10.0. The topological polar surface area (TPSA) is 83.1 Å². The van der Waals surface area contributed by atoms with Gasteiger partial charge in [0.2, 0.25) is 18.6 Å². The minimum Gasteiger partial charge on any atom is -0.454 e. The number of fused-ring (bicyclic) bond motifs is 1. The molecule has 1 fully saturated rings. The number of nitrogens with one attached hydrogen (secondary N) is 2. The predicted octanol–water partition coefficient (Wildman–Crippen LogP) is 1.28. The van der Waals surface area contributed by atoms with Crippen molar-refractivity contribution < 1.29 is 19.1 Å². The Morgan fingerprint density at radius 2 is 1.89 bits per heavy atom. The molecule has 2 N–H and O–H groups in total. The number of anilines is 1. The summed E-state index contributed by atoms with van der Waals surface area (Å²) in [5.74, 6) is 1.37. The van der Waals surface area contributed by atoms with Gasteiger partial charge in [-0.25, -0.2) is 0 Å². The van der Waals surface area contributed by atoms with Crippen molar-refractivity contribution in [2.24, 2.45) is 0 Å². The fourth-order valence-corrected chi connectivity index (χ4v) is 3.36. The van der Waals surface area contributed by atoms with Crippen molar-refractivity contribution >= 4 is 17.5 Å². The van der Waals surface area contributed by atoms with E-state index in [9.17, 15) is 9.59 Å². The Hall–Kier alpha value is -2.32. The van der Waals surface area contributed by atoms with E-state index in [1.807, 2.05) is 13.0 Å². The molecule has 28 heavy (non-hydrogen) atoms. The van der Waals surface area contributed by atoms with Crippen LogP contribution in [0.25, 0.3) is 0 Å². The number of carbonyl (C=O) groups excluding carboxylic acids is 2. The Balaban J connectivity index is 1.42. The lowest BCUT2D eigenvalue weighted by atomic mass is 10.2. The molecular formula is C20H30N4O4. The van der Waals surface area contributed by atoms with Gasteiger partial charge in [-0.15, -0.1) is 0 Å². The maximum atomic E-state index is 12.6. The largest absolute Gasteiger partial charge is 0.454 e. The van der Waals surface area contributed by atoms with Gasteiger partial charge in [0.1, 0.15) is 0 Å². The molecule has 0 saturated carbocycles. The molecular weight excluding hydrogens is 360 g/mol. The lowest BCUT2D eigenvalue weighted by Crippen LogP contribution is -2.54. The average Bonchev–Trinajstić information content (AvgIpc) is 3.16. The van der Waals surface area contributed by atoms with Crippen LogP contribution in [0.3, 0.4) is 0 Å². The van der Waals surface area contributed by atoms with Crippen molar-refractivity contribution in [1.29, 1.82) is 0 Å². The number of carbonyl (C=O) groups is 2. The van der Waals surface area contributed by atoms with E-state index in [1.165, 1.54) is 0 Å². The molecule has 1 saturated heterocycles. The number of rotatable bonds is 8. The number of unbranched alkanes of at least 4 members (excludes halogenated alkanes) is 1. The molecule has 0 unspecified atom stereocenters. The third-order valence-corrected chi connectivity index (χ3v) is 5.19. The summed E-state index contributed by atoms with van der Waals surface area (Å²) in [6, 6.07) is 5.15. The second kappa shape index (κ2) is 9.75. The summed E-state index contributed by atoms with van der Waals surface area (Å²) in [6.07, 6.45) is 2.08. The first-order valence-corrected chi connectivity index (χ1v) is 10.0. The maximum absolute atomic E-state index is 12.6. The average molecular weight is 390 g/mol. The van der Waals surface area contributed by atoms with Gasteiger partial charge in [-0.3, -0.25) is 19.4 Å². The van der Waals surface area contributed by atoms with Crippen LogP contribution >= 0.6 is 0 Å². The van der Waals surface area contributed by atoms with Crippen molar-refractivity contribution in [2.75, 3.05) is 51.4 Å². The first-order chi connectivity index (χ1) is 13.6. The van der Waals surface area contributed by atoms with Crippen molar-refractivity contribution in [2.45, 2.75) is 32.7 Å². The smallest absolute Gasteiger partial charge is 0.241 e. The van der Waals surface area contributed by atoms with Crippen LogP contribution in [0, 0.1) is 0 Å². The summed E-state index contributed by atoms with van der Waals surface area (Å²) < 4.78 is 10.6. The van der Waals surface area contributed by atoms with Gasteiger partial charge in [0.05, 0.1) is 12.6 Å². The van der Waals surface area contributed by atoms with Crippen molar-refractivity contribution in [1.82, 2.24) is 15.1 Å². The normalized spacial score (nSPS) is 17.9. The number of nitrogens with zero attached hydrogens (tertiary/aromatic N) is 2. The highest BCUT2D eigenvalue weighted by Gasteiger charge is 2.26. The van der Waals surface area contributed by atoms with E-state index in [-0.39, 0.29) is 24.6 Å². The van der Waals surface area contributed by atoms with E-state index in [4.69, 9.17) is 9.47 Å². The van der Waals surface area contributed by atoms with Crippen molar-refractivity contribution in [3.63, 3.8) is 0 Å². The first kappa shape index (κ1) is 20.4. The van der Waals surface area contributed by atoms with Gasteiger partial charge >= 0.3 is 0 Å². The van der Waals surface area contributed by atoms with Gasteiger partial charge in [-0.1, -0.05) is 13.3 Å². The highest BCUT2D eigenvalue weighted by Crippen LogP contribution is 2.34. The van der Waals surface area contributed by atoms with Crippen LogP contribution in [0.1, 0.15) is 26.7 Å². The van der Waals surface area contributed by atoms with Gasteiger partial charge in [0.15, 0.2) is 11.5 Å². The zero-order valence-electron chi connectivity index (χ0n) is 16.7. The lowest BCUT2D eigenvalue weighted by Gasteiger charge is -2.37. The van der Waals surface area contributed by atoms with Crippen LogP contribution in [-0.2, 0) is 9.59 Å². The molecule has 8 nitrogen and oxygen atoms in total. The third-order valence-electron chi connectivity index (χ3n) is 5.19. The Bertz CT molecular complexity index is 689. The van der Waals surface area contributed by atoms with E-state index in [0.717, 1.165) is 45.6 Å². The van der Waals surface area contributed by atoms with E-state index < -0.39 is 0 Å². The monoisotopic (exact) mass is 390 g/mol. The number of hydrogen-bond acceptors (Lipinski definition) is 6. The Morgan fingerprint density at radius 3 is 2.64 bits per heavy atom. The minimum absolute atomic E-state index is 0.0513. The van der Waals surface area contributed by atoms with Crippen LogP contribution in [-0.4, -0.2) is 73.7 Å². The van der Waals surface area contributed by atoms with Crippen LogP contribution < -0.4 is 20.1 Å². The Kier molecular flexibility index (Phi) is 7.11. The molecule has 0 radical (unpaired) electrons. The number of piperazine rings is 1. The van der Waals surface area contributed by atoms with Crippen LogP contribution in [0.15, 0.2) is 18.2 Å². The second-order valence-corrected chi connectivity index (χ2v) is 7.25. The zero-order valence-corrected chi connectivity index (χ0v) is 16.7. The van der Waals surface area contributed by atoms with Gasteiger partial charge in [0.25, 0.3) is 0 Å². The summed E-state index contributed by atoms with van der Waals surface area (Å²) in [7, 11) is 0. The molecule has 0 bridgehead atoms. The molecule has 0 spiro atoms. The fourth-order valence-electron chi connectivity index (χ4n) is 3.36. The van der Waals surface area contributed by atoms with Gasteiger partial charge in [-0.2, -0.15) is 0 Å². The molecule has 0 aliphatic carbocycles. The van der Waals surface area contributed by atoms with E-state index in [2.05, 4.69) is 27.4 Å². The summed E-state index contributed by atoms with van der Waals surface area (Å²) in [5.41, 5.74) is 0.698. The van der Waals surface area contributed by atoms with Crippen molar-refractivity contribution in [3.05, 3.63) is 18.2 Å². The summed E-state index contributed by atoms with van der Waals surface area (Å²) in [4.78, 5) is 28.8. The predicted molar refractivity (Wildman–Crippen MR) is 107 cm³/mol. The summed E-state index contributed by atoms with van der Waals surface area (Å²) in [6.45, 7) is 8.48. The summed E-state index contributed by atoms with van der Waals surface area (Å²) >= 11 is 0. The fraction of sp³-hybridized carbons (Fsp3) is 0.600. The standard InChI is InChI=1S/C20H30N4O4/c1-3-4-7-21-19(25)13-23-8-10-24(11-9-23)15(2)20(26)22-16-5-6-17-18(12-16)28-14-27-17/h5-6,12,15H,3-4,7-11,13-14H2,1-2H3,(H,21,25)(H,22,26)/t15-/m1/s1. The highest BCUT2D eigenvalue weighted by atomic mass is 16.7.